The van der Waals surface area contributed by atoms with E-state index < -0.39 is 20.6 Å². The van der Waals surface area contributed by atoms with Crippen molar-refractivity contribution in [1.82, 2.24) is 0 Å². The Kier molecular flexibility index (Phi) is 5.71. The molecule has 2 aromatic carbocycles. The number of hydrogen-bond donors (Lipinski definition) is 0. The molecular weight excluding hydrogens is 368 g/mol. The quantitative estimate of drug-likeness (QED) is 0.676. The van der Waals surface area contributed by atoms with Gasteiger partial charge in [0.2, 0.25) is 14.7 Å². The molecule has 0 N–H and O–H groups in total. The summed E-state index contributed by atoms with van der Waals surface area (Å²) in [4.78, 5) is -1.09. The van der Waals surface area contributed by atoms with Gasteiger partial charge in [0.15, 0.2) is 0 Å². The lowest BCUT2D eigenvalue weighted by molar-refractivity contribution is 0.443. The van der Waals surface area contributed by atoms with Gasteiger partial charge in [-0.05, 0) is 51.3 Å². The van der Waals surface area contributed by atoms with E-state index in [2.05, 4.69) is 22.1 Å². The van der Waals surface area contributed by atoms with Crippen molar-refractivity contribution in [2.45, 2.75) is 43.4 Å². The van der Waals surface area contributed by atoms with Crippen LogP contribution < -0.4 is 0 Å². The summed E-state index contributed by atoms with van der Waals surface area (Å²) in [6, 6.07) is 18.4. The van der Waals surface area contributed by atoms with Crippen LogP contribution in [0.4, 0.5) is 0 Å². The van der Waals surface area contributed by atoms with Crippen molar-refractivity contribution in [3.05, 3.63) is 66.2 Å². The number of azo groups is 1. The minimum atomic E-state index is -3.75. The topological polar surface area (TPSA) is 58.9 Å². The highest BCUT2D eigenvalue weighted by molar-refractivity contribution is 7.92. The SMILES string of the molecule is CC(C)(C)C#C[C@@H]1CN=N[C@@]1(CCc1ccccc1)S(=O)(=O)c1ccccc1. The lowest BCUT2D eigenvalue weighted by Gasteiger charge is -2.29. The molecule has 2 atom stereocenters. The first kappa shape index (κ1) is 20.3. The van der Waals surface area contributed by atoms with Gasteiger partial charge >= 0.3 is 0 Å². The van der Waals surface area contributed by atoms with Crippen LogP contribution in [-0.2, 0) is 16.3 Å². The molecule has 28 heavy (non-hydrogen) atoms. The standard InChI is InChI=1S/C23H26N2O2S/c1-22(2,3)16-15-20-18-24-25-23(20,17-14-19-10-6-4-7-11-19)28(26,27)21-12-8-5-9-13-21/h4-13,20H,14,17-18H2,1-3H3/t20-,23+/m1/s1. The molecule has 1 aliphatic heterocycles. The number of aryl methyl sites for hydroxylation is 1. The maximum Gasteiger partial charge on any atom is 0.207 e. The fraction of sp³-hybridized carbons (Fsp3) is 0.391. The summed E-state index contributed by atoms with van der Waals surface area (Å²) >= 11 is 0. The van der Waals surface area contributed by atoms with E-state index in [0.29, 0.717) is 19.4 Å². The molecule has 0 aliphatic carbocycles. The van der Waals surface area contributed by atoms with Gasteiger partial charge in [0, 0.05) is 5.41 Å². The molecule has 0 amide bonds. The molecule has 146 valence electrons. The Labute approximate surface area is 168 Å². The summed E-state index contributed by atoms with van der Waals surface area (Å²) in [7, 11) is -3.75. The average molecular weight is 395 g/mol. The number of nitrogens with zero attached hydrogens (tertiary/aromatic N) is 2. The van der Waals surface area contributed by atoms with Crippen LogP contribution in [0.25, 0.3) is 0 Å². The van der Waals surface area contributed by atoms with Gasteiger partial charge < -0.3 is 0 Å². The average Bonchev–Trinajstić information content (AvgIpc) is 3.10. The van der Waals surface area contributed by atoms with E-state index in [1.807, 2.05) is 57.2 Å². The Hall–Kier alpha value is -2.45. The zero-order valence-corrected chi connectivity index (χ0v) is 17.4. The predicted molar refractivity (Wildman–Crippen MR) is 112 cm³/mol. The van der Waals surface area contributed by atoms with Crippen molar-refractivity contribution in [1.29, 1.82) is 0 Å². The Morgan fingerprint density at radius 3 is 2.25 bits per heavy atom. The maximum atomic E-state index is 13.7. The zero-order valence-electron chi connectivity index (χ0n) is 16.6. The second-order valence-electron chi connectivity index (χ2n) is 8.14. The number of rotatable bonds is 5. The van der Waals surface area contributed by atoms with E-state index in [4.69, 9.17) is 0 Å². The Balaban J connectivity index is 2.05. The second-order valence-corrected chi connectivity index (χ2v) is 10.3. The van der Waals surface area contributed by atoms with Gasteiger partial charge in [-0.2, -0.15) is 10.2 Å². The Bertz CT molecular complexity index is 997. The first-order valence-corrected chi connectivity index (χ1v) is 11.0. The maximum absolute atomic E-state index is 13.7. The van der Waals surface area contributed by atoms with Gasteiger partial charge in [0.05, 0.1) is 17.4 Å². The molecular formula is C23H26N2O2S. The molecule has 2 aromatic rings. The van der Waals surface area contributed by atoms with Crippen LogP contribution >= 0.6 is 0 Å². The number of sulfone groups is 1. The van der Waals surface area contributed by atoms with Crippen molar-refractivity contribution in [2.75, 3.05) is 6.54 Å². The Morgan fingerprint density at radius 1 is 1.04 bits per heavy atom. The van der Waals surface area contributed by atoms with Gasteiger partial charge in [0.1, 0.15) is 0 Å². The van der Waals surface area contributed by atoms with Crippen molar-refractivity contribution < 1.29 is 8.42 Å². The monoisotopic (exact) mass is 394 g/mol. The van der Waals surface area contributed by atoms with Crippen LogP contribution in [0.3, 0.4) is 0 Å². The van der Waals surface area contributed by atoms with Gasteiger partial charge in [0.25, 0.3) is 0 Å². The third-order valence-corrected chi connectivity index (χ3v) is 7.20. The minimum absolute atomic E-state index is 0.218. The van der Waals surface area contributed by atoms with Crippen LogP contribution in [0.15, 0.2) is 75.8 Å². The van der Waals surface area contributed by atoms with Crippen molar-refractivity contribution in [3.63, 3.8) is 0 Å². The summed E-state index contributed by atoms with van der Waals surface area (Å²) in [5, 5.41) is 8.51. The van der Waals surface area contributed by atoms with E-state index >= 15 is 0 Å². The van der Waals surface area contributed by atoms with Crippen LogP contribution in [0.5, 0.6) is 0 Å². The molecule has 0 aromatic heterocycles. The molecule has 0 radical (unpaired) electrons. The van der Waals surface area contributed by atoms with Gasteiger partial charge in [-0.1, -0.05) is 60.4 Å². The van der Waals surface area contributed by atoms with Gasteiger partial charge in [-0.3, -0.25) is 0 Å². The van der Waals surface area contributed by atoms with Crippen LogP contribution in [-0.4, -0.2) is 19.8 Å². The molecule has 0 bridgehead atoms. The fourth-order valence-corrected chi connectivity index (χ4v) is 5.26. The summed E-state index contributed by atoms with van der Waals surface area (Å²) in [5.41, 5.74) is 0.861. The molecule has 0 unspecified atom stereocenters. The molecule has 5 heteroatoms. The summed E-state index contributed by atoms with van der Waals surface area (Å²) < 4.78 is 27.4. The Morgan fingerprint density at radius 2 is 1.64 bits per heavy atom. The van der Waals surface area contributed by atoms with Gasteiger partial charge in [-0.15, -0.1) is 0 Å². The molecule has 3 rings (SSSR count). The third kappa shape index (κ3) is 4.18. The fourth-order valence-electron chi connectivity index (χ4n) is 3.29. The number of benzene rings is 2. The highest BCUT2D eigenvalue weighted by atomic mass is 32.2. The normalized spacial score (nSPS) is 21.9. The molecule has 4 nitrogen and oxygen atoms in total. The first-order chi connectivity index (χ1) is 13.2. The summed E-state index contributed by atoms with van der Waals surface area (Å²) in [6.45, 7) is 6.35. The zero-order chi connectivity index (χ0) is 20.3. The summed E-state index contributed by atoms with van der Waals surface area (Å²) in [6.07, 6.45) is 0.945. The molecule has 1 heterocycles. The second kappa shape index (κ2) is 7.89. The third-order valence-electron chi connectivity index (χ3n) is 4.80. The van der Waals surface area contributed by atoms with Crippen LogP contribution in [0, 0.1) is 23.2 Å². The van der Waals surface area contributed by atoms with Crippen molar-refractivity contribution in [3.8, 4) is 11.8 Å². The highest BCUT2D eigenvalue weighted by Gasteiger charge is 2.53. The first-order valence-electron chi connectivity index (χ1n) is 9.50. The van der Waals surface area contributed by atoms with E-state index in [1.165, 1.54) is 0 Å². The number of hydrogen-bond acceptors (Lipinski definition) is 4. The molecule has 1 aliphatic rings. The van der Waals surface area contributed by atoms with E-state index in [-0.39, 0.29) is 10.3 Å². The largest absolute Gasteiger partial charge is 0.221 e. The van der Waals surface area contributed by atoms with Gasteiger partial charge in [-0.25, -0.2) is 8.42 Å². The lowest BCUT2D eigenvalue weighted by Crippen LogP contribution is -2.42. The van der Waals surface area contributed by atoms with Crippen LogP contribution in [0.1, 0.15) is 32.8 Å². The highest BCUT2D eigenvalue weighted by Crippen LogP contribution is 2.42. The van der Waals surface area contributed by atoms with Crippen molar-refractivity contribution in [2.24, 2.45) is 21.6 Å². The molecule has 0 fully saturated rings. The molecule has 0 saturated carbocycles. The lowest BCUT2D eigenvalue weighted by atomic mass is 9.91. The van der Waals surface area contributed by atoms with E-state index in [9.17, 15) is 8.42 Å². The van der Waals surface area contributed by atoms with E-state index in [1.54, 1.807) is 24.3 Å². The molecule has 0 saturated heterocycles. The van der Waals surface area contributed by atoms with Crippen molar-refractivity contribution >= 4 is 9.84 Å². The molecule has 0 spiro atoms. The predicted octanol–water partition coefficient (Wildman–Crippen LogP) is 4.92. The summed E-state index contributed by atoms with van der Waals surface area (Å²) in [5.74, 6) is 5.96. The smallest absolute Gasteiger partial charge is 0.207 e. The minimum Gasteiger partial charge on any atom is -0.221 e. The van der Waals surface area contributed by atoms with E-state index in [0.717, 1.165) is 5.56 Å². The van der Waals surface area contributed by atoms with Crippen LogP contribution in [0.2, 0.25) is 0 Å².